The number of carbonyl (C=O) groups is 1. The fourth-order valence-corrected chi connectivity index (χ4v) is 1.71. The second kappa shape index (κ2) is 5.24. The maximum atomic E-state index is 12.4. The monoisotopic (exact) mass is 206 g/mol. The molecule has 1 rings (SSSR count). The predicted octanol–water partition coefficient (Wildman–Crippen LogP) is 0.709. The van der Waals surface area contributed by atoms with Crippen LogP contribution in [0.5, 0.6) is 0 Å². The highest BCUT2D eigenvalue weighted by Gasteiger charge is 2.28. The minimum absolute atomic E-state index is 0.0853. The van der Waals surface area contributed by atoms with Crippen molar-refractivity contribution in [1.29, 1.82) is 0 Å². The number of nitrogens with zero attached hydrogens (tertiary/aromatic N) is 1. The van der Waals surface area contributed by atoms with Gasteiger partial charge in [-0.25, -0.2) is 8.78 Å². The smallest absolute Gasteiger partial charge is 0.243 e. The van der Waals surface area contributed by atoms with Crippen molar-refractivity contribution in [3.8, 4) is 0 Å². The Morgan fingerprint density at radius 3 is 2.93 bits per heavy atom. The van der Waals surface area contributed by atoms with Crippen LogP contribution in [-0.4, -0.2) is 43.9 Å². The number of carbonyl (C=O) groups excluding carboxylic acids is 1. The van der Waals surface area contributed by atoms with Crippen molar-refractivity contribution < 1.29 is 13.6 Å². The zero-order valence-corrected chi connectivity index (χ0v) is 8.30. The van der Waals surface area contributed by atoms with Crippen LogP contribution in [0.1, 0.15) is 12.8 Å². The zero-order chi connectivity index (χ0) is 10.6. The number of halogens is 2. The highest BCUT2D eigenvalue weighted by atomic mass is 19.3. The molecule has 0 bridgehead atoms. The van der Waals surface area contributed by atoms with Gasteiger partial charge in [-0.3, -0.25) is 4.79 Å². The molecule has 1 fully saturated rings. The average molecular weight is 206 g/mol. The third kappa shape index (κ3) is 2.90. The van der Waals surface area contributed by atoms with E-state index in [1.807, 2.05) is 0 Å². The van der Waals surface area contributed by atoms with Gasteiger partial charge in [0.15, 0.2) is 0 Å². The fourth-order valence-electron chi connectivity index (χ4n) is 1.71. The molecule has 0 saturated carbocycles. The van der Waals surface area contributed by atoms with Crippen LogP contribution in [0.15, 0.2) is 0 Å². The van der Waals surface area contributed by atoms with Gasteiger partial charge < -0.3 is 10.2 Å². The molecule has 0 radical (unpaired) electrons. The van der Waals surface area contributed by atoms with Gasteiger partial charge in [-0.1, -0.05) is 0 Å². The predicted molar refractivity (Wildman–Crippen MR) is 49.2 cm³/mol. The maximum Gasteiger partial charge on any atom is 0.243 e. The Balaban J connectivity index is 2.43. The lowest BCUT2D eigenvalue weighted by Crippen LogP contribution is -2.45. The van der Waals surface area contributed by atoms with Crippen LogP contribution >= 0.6 is 0 Å². The summed E-state index contributed by atoms with van der Waals surface area (Å²) in [6.07, 6.45) is -1.09. The lowest BCUT2D eigenvalue weighted by Gasteiger charge is -2.32. The number of amides is 1. The molecule has 14 heavy (non-hydrogen) atoms. The summed E-state index contributed by atoms with van der Waals surface area (Å²) in [6.45, 7) is 1.05. The average Bonchev–Trinajstić information content (AvgIpc) is 2.18. The Bertz CT molecular complexity index is 199. The lowest BCUT2D eigenvalue weighted by atomic mass is 9.98. The number of hydrogen-bond donors (Lipinski definition) is 1. The van der Waals surface area contributed by atoms with Gasteiger partial charge in [0.2, 0.25) is 12.3 Å². The van der Waals surface area contributed by atoms with E-state index in [1.165, 1.54) is 4.90 Å². The molecule has 5 heteroatoms. The first kappa shape index (κ1) is 11.4. The summed E-state index contributed by atoms with van der Waals surface area (Å²) in [6, 6.07) is 0. The van der Waals surface area contributed by atoms with Crippen molar-refractivity contribution in [2.45, 2.75) is 19.3 Å². The standard InChI is InChI=1S/C9H16F2N2O/c1-12-5-8(14)13-4-2-3-7(6-13)9(10)11/h7,9,12H,2-6H2,1H3. The molecule has 0 aromatic rings. The molecule has 0 spiro atoms. The van der Waals surface area contributed by atoms with Gasteiger partial charge in [-0.05, 0) is 19.9 Å². The highest BCUT2D eigenvalue weighted by Crippen LogP contribution is 2.22. The first-order valence-electron chi connectivity index (χ1n) is 4.85. The summed E-state index contributed by atoms with van der Waals surface area (Å²) in [4.78, 5) is 12.9. The van der Waals surface area contributed by atoms with Crippen molar-refractivity contribution in [2.24, 2.45) is 5.92 Å². The molecule has 1 amide bonds. The van der Waals surface area contributed by atoms with Gasteiger partial charge in [0, 0.05) is 19.0 Å². The number of alkyl halides is 2. The molecule has 1 N–H and O–H groups in total. The molecule has 0 aliphatic carbocycles. The van der Waals surface area contributed by atoms with Crippen molar-refractivity contribution in [1.82, 2.24) is 10.2 Å². The number of piperidine rings is 1. The van der Waals surface area contributed by atoms with Gasteiger partial charge in [0.1, 0.15) is 0 Å². The highest BCUT2D eigenvalue weighted by molar-refractivity contribution is 5.78. The molecule has 1 aliphatic heterocycles. The van der Waals surface area contributed by atoms with Crippen molar-refractivity contribution in [3.05, 3.63) is 0 Å². The molecule has 1 atom stereocenters. The molecule has 1 saturated heterocycles. The lowest BCUT2D eigenvalue weighted by molar-refractivity contribution is -0.133. The van der Waals surface area contributed by atoms with Crippen molar-refractivity contribution in [3.63, 3.8) is 0 Å². The van der Waals surface area contributed by atoms with E-state index in [-0.39, 0.29) is 19.0 Å². The normalized spacial score (nSPS) is 22.9. The molecule has 1 aliphatic rings. The van der Waals surface area contributed by atoms with Gasteiger partial charge in [0.05, 0.1) is 6.54 Å². The van der Waals surface area contributed by atoms with Crippen LogP contribution < -0.4 is 5.32 Å². The summed E-state index contributed by atoms with van der Waals surface area (Å²) in [5, 5.41) is 2.73. The minimum atomic E-state index is -2.31. The Labute approximate surface area is 82.5 Å². The van der Waals surface area contributed by atoms with E-state index in [0.717, 1.165) is 0 Å². The van der Waals surface area contributed by atoms with Crippen LogP contribution in [0.2, 0.25) is 0 Å². The first-order valence-corrected chi connectivity index (χ1v) is 4.85. The van der Waals surface area contributed by atoms with Crippen LogP contribution in [0, 0.1) is 5.92 Å². The molecule has 82 valence electrons. The molecule has 1 unspecified atom stereocenters. The van der Waals surface area contributed by atoms with Crippen LogP contribution in [0.4, 0.5) is 8.78 Å². The van der Waals surface area contributed by atoms with Gasteiger partial charge >= 0.3 is 0 Å². The molecule has 3 nitrogen and oxygen atoms in total. The van der Waals surface area contributed by atoms with E-state index in [1.54, 1.807) is 7.05 Å². The number of nitrogens with one attached hydrogen (secondary N) is 1. The SMILES string of the molecule is CNCC(=O)N1CCCC(C(F)F)C1. The Morgan fingerprint density at radius 1 is 1.64 bits per heavy atom. The Kier molecular flexibility index (Phi) is 4.25. The quantitative estimate of drug-likeness (QED) is 0.737. The summed E-state index contributed by atoms with van der Waals surface area (Å²) < 4.78 is 24.8. The second-order valence-corrected chi connectivity index (χ2v) is 3.61. The van der Waals surface area contributed by atoms with Crippen LogP contribution in [0.25, 0.3) is 0 Å². The van der Waals surface area contributed by atoms with Gasteiger partial charge in [-0.2, -0.15) is 0 Å². The summed E-state index contributed by atoms with van der Waals surface area (Å²) >= 11 is 0. The van der Waals surface area contributed by atoms with E-state index in [2.05, 4.69) is 5.32 Å². The fraction of sp³-hybridized carbons (Fsp3) is 0.889. The molecular formula is C9H16F2N2O. The van der Waals surface area contributed by atoms with Crippen molar-refractivity contribution in [2.75, 3.05) is 26.7 Å². The number of likely N-dealkylation sites (tertiary alicyclic amines) is 1. The van der Waals surface area contributed by atoms with E-state index >= 15 is 0 Å². The van der Waals surface area contributed by atoms with Crippen LogP contribution in [-0.2, 0) is 4.79 Å². The Morgan fingerprint density at radius 2 is 2.36 bits per heavy atom. The third-order valence-electron chi connectivity index (χ3n) is 2.49. The number of likely N-dealkylation sites (N-methyl/N-ethyl adjacent to an activating group) is 1. The number of rotatable bonds is 3. The zero-order valence-electron chi connectivity index (χ0n) is 8.30. The molecular weight excluding hydrogens is 190 g/mol. The summed E-state index contributed by atoms with van der Waals surface area (Å²) in [7, 11) is 1.67. The van der Waals surface area contributed by atoms with E-state index in [9.17, 15) is 13.6 Å². The first-order chi connectivity index (χ1) is 6.65. The Hall–Kier alpha value is -0.710. The van der Waals surface area contributed by atoms with E-state index < -0.39 is 12.3 Å². The van der Waals surface area contributed by atoms with Gasteiger partial charge in [-0.15, -0.1) is 0 Å². The molecule has 0 aromatic carbocycles. The third-order valence-corrected chi connectivity index (χ3v) is 2.49. The number of hydrogen-bond acceptors (Lipinski definition) is 2. The second-order valence-electron chi connectivity index (χ2n) is 3.61. The molecule has 0 aromatic heterocycles. The molecule has 1 heterocycles. The summed E-state index contributed by atoms with van der Waals surface area (Å²) in [5.41, 5.74) is 0. The van der Waals surface area contributed by atoms with E-state index in [4.69, 9.17) is 0 Å². The van der Waals surface area contributed by atoms with Crippen LogP contribution in [0.3, 0.4) is 0 Å². The summed E-state index contributed by atoms with van der Waals surface area (Å²) in [5.74, 6) is -0.720. The minimum Gasteiger partial charge on any atom is -0.341 e. The largest absolute Gasteiger partial charge is 0.341 e. The van der Waals surface area contributed by atoms with Gasteiger partial charge in [0.25, 0.3) is 0 Å². The topological polar surface area (TPSA) is 32.3 Å². The van der Waals surface area contributed by atoms with E-state index in [0.29, 0.717) is 19.4 Å². The maximum absolute atomic E-state index is 12.4. The van der Waals surface area contributed by atoms with Crippen molar-refractivity contribution >= 4 is 5.91 Å².